The number of nitrogens with zero attached hydrogens (tertiary/aromatic N) is 1. The van der Waals surface area contributed by atoms with Gasteiger partial charge in [0.1, 0.15) is 12.0 Å². The number of benzene rings is 4. The zero-order valence-electron chi connectivity index (χ0n) is 31.2. The van der Waals surface area contributed by atoms with Crippen molar-refractivity contribution >= 4 is 76.6 Å². The van der Waals surface area contributed by atoms with Crippen molar-refractivity contribution in [1.82, 2.24) is 4.90 Å². The van der Waals surface area contributed by atoms with E-state index in [1.807, 2.05) is 91.9 Å². The zero-order chi connectivity index (χ0) is 37.7. The van der Waals surface area contributed by atoms with Crippen LogP contribution in [0.3, 0.4) is 0 Å². The van der Waals surface area contributed by atoms with Crippen LogP contribution < -0.4 is 15.9 Å². The van der Waals surface area contributed by atoms with Crippen LogP contribution in [0.2, 0.25) is 18.1 Å². The van der Waals surface area contributed by atoms with Crippen LogP contribution in [0.1, 0.15) is 34.6 Å². The fourth-order valence-corrected chi connectivity index (χ4v) is 13.8. The maximum absolute atomic E-state index is 15.2. The summed E-state index contributed by atoms with van der Waals surface area (Å²) in [6.45, 7) is 15.8. The molecule has 0 unspecified atom stereocenters. The van der Waals surface area contributed by atoms with Gasteiger partial charge in [0.05, 0.1) is 22.3 Å². The second-order valence-electron chi connectivity index (χ2n) is 14.7. The highest BCUT2D eigenvalue weighted by Crippen LogP contribution is 2.51. The minimum absolute atomic E-state index is 0.000458. The van der Waals surface area contributed by atoms with Crippen LogP contribution in [0.15, 0.2) is 139 Å². The van der Waals surface area contributed by atoms with Gasteiger partial charge in [0.2, 0.25) is 5.91 Å². The molecular weight excluding hydrogens is 718 g/mol. The summed E-state index contributed by atoms with van der Waals surface area (Å²) in [5.74, 6) is -1.54. The zero-order valence-corrected chi connectivity index (χ0v) is 34.7. The van der Waals surface area contributed by atoms with Gasteiger partial charge in [-0.2, -0.15) is 0 Å². The van der Waals surface area contributed by atoms with Crippen LogP contribution in [0.4, 0.5) is 0 Å². The Morgan fingerprint density at radius 2 is 1.31 bits per heavy atom. The number of rotatable bonds is 13. The lowest BCUT2D eigenvalue weighted by molar-refractivity contribution is -0.158. The predicted octanol–water partition coefficient (Wildman–Crippen LogP) is 8.83. The first-order chi connectivity index (χ1) is 24.8. The molecule has 0 radical (unpaired) electrons. The van der Waals surface area contributed by atoms with Gasteiger partial charge in [-0.05, 0) is 53.1 Å². The van der Waals surface area contributed by atoms with E-state index in [1.54, 1.807) is 11.0 Å². The van der Waals surface area contributed by atoms with Gasteiger partial charge in [0, 0.05) is 17.7 Å². The molecule has 272 valence electrons. The van der Waals surface area contributed by atoms with Crippen LogP contribution in [0.25, 0.3) is 0 Å². The van der Waals surface area contributed by atoms with Gasteiger partial charge < -0.3 is 14.1 Å². The maximum Gasteiger partial charge on any atom is 0.356 e. The molecule has 1 heterocycles. The summed E-state index contributed by atoms with van der Waals surface area (Å²) in [4.78, 5) is 32.9. The molecule has 4 aromatic carbocycles. The number of esters is 1. The van der Waals surface area contributed by atoms with Gasteiger partial charge in [-0.15, -0.1) is 0 Å². The molecule has 0 N–H and O–H groups in total. The van der Waals surface area contributed by atoms with Crippen LogP contribution in [0.5, 0.6) is 0 Å². The van der Waals surface area contributed by atoms with Gasteiger partial charge in [0.25, 0.3) is 0 Å². The highest BCUT2D eigenvalue weighted by atomic mass is 32.2. The summed E-state index contributed by atoms with van der Waals surface area (Å²) >= 11 is 7.72. The number of carbonyl (C=O) groups excluding carboxylic acids is 2. The van der Waals surface area contributed by atoms with Crippen LogP contribution in [0, 0.1) is 11.8 Å². The van der Waals surface area contributed by atoms with E-state index < -0.39 is 39.2 Å². The third-order valence-electron chi connectivity index (χ3n) is 10.3. The molecule has 0 aliphatic carbocycles. The molecule has 1 aliphatic rings. The molecule has 4 aromatic rings. The summed E-state index contributed by atoms with van der Waals surface area (Å²) in [5, 5.41) is 2.75. The number of carbonyl (C=O) groups is 2. The Balaban J connectivity index is 1.84. The fourth-order valence-electron chi connectivity index (χ4n) is 6.71. The normalized spacial score (nSPS) is 17.4. The van der Waals surface area contributed by atoms with Crippen molar-refractivity contribution in [1.29, 1.82) is 0 Å². The first kappa shape index (κ1) is 39.7. The van der Waals surface area contributed by atoms with Crippen LogP contribution in [-0.2, 0) is 18.8 Å². The monoisotopic (exact) mass is 767 g/mol. The van der Waals surface area contributed by atoms with E-state index in [-0.39, 0.29) is 23.5 Å². The lowest BCUT2D eigenvalue weighted by atomic mass is 9.77. The Morgan fingerprint density at radius 3 is 1.73 bits per heavy atom. The molecule has 0 aromatic heterocycles. The summed E-state index contributed by atoms with van der Waals surface area (Å²) in [6, 6.07) is 39.8. The summed E-state index contributed by atoms with van der Waals surface area (Å²) in [5.41, 5.74) is 0.336. The van der Waals surface area contributed by atoms with E-state index in [0.29, 0.717) is 5.42 Å². The molecule has 5 rings (SSSR count). The number of amides is 1. The quantitative estimate of drug-likeness (QED) is 0.0258. The number of thioether (sulfide) groups is 1. The third-order valence-corrected chi connectivity index (χ3v) is 20.8. The van der Waals surface area contributed by atoms with Crippen molar-refractivity contribution in [3.63, 3.8) is 0 Å². The Kier molecular flexibility index (Phi) is 12.7. The molecule has 1 fully saturated rings. The number of β-lactam (4-membered cyclic amide) rings is 1. The van der Waals surface area contributed by atoms with E-state index in [4.69, 9.17) is 21.4 Å². The van der Waals surface area contributed by atoms with E-state index >= 15 is 4.79 Å². The molecule has 1 aliphatic heterocycles. The second kappa shape index (κ2) is 16.7. The molecule has 0 bridgehead atoms. The number of hydrogen-bond donors (Lipinski definition) is 0. The third kappa shape index (κ3) is 7.88. The van der Waals surface area contributed by atoms with Crippen LogP contribution >= 0.6 is 30.9 Å². The van der Waals surface area contributed by atoms with Crippen molar-refractivity contribution in [2.45, 2.75) is 69.8 Å². The van der Waals surface area contributed by atoms with Crippen molar-refractivity contribution < 1.29 is 18.8 Å². The van der Waals surface area contributed by atoms with E-state index in [2.05, 4.69) is 83.8 Å². The molecule has 1 saturated heterocycles. The molecule has 9 heteroatoms. The van der Waals surface area contributed by atoms with Crippen molar-refractivity contribution in [3.05, 3.63) is 134 Å². The highest BCUT2D eigenvalue weighted by Gasteiger charge is 2.59. The van der Waals surface area contributed by atoms with Crippen molar-refractivity contribution in [3.8, 4) is 0 Å². The van der Waals surface area contributed by atoms with E-state index in [0.717, 1.165) is 25.0 Å². The van der Waals surface area contributed by atoms with Gasteiger partial charge in [-0.1, -0.05) is 174 Å². The first-order valence-electron chi connectivity index (χ1n) is 17.7. The lowest BCUT2D eigenvalue weighted by Gasteiger charge is -2.55. The van der Waals surface area contributed by atoms with Crippen LogP contribution in [-0.4, -0.2) is 53.5 Å². The summed E-state index contributed by atoms with van der Waals surface area (Å²) < 4.78 is 13.7. The predicted molar refractivity (Wildman–Crippen MR) is 227 cm³/mol. The largest absolute Gasteiger partial charge is 0.457 e. The smallest absolute Gasteiger partial charge is 0.356 e. The second-order valence-corrected chi connectivity index (χ2v) is 24.6. The van der Waals surface area contributed by atoms with Gasteiger partial charge >= 0.3 is 5.97 Å². The maximum atomic E-state index is 15.2. The summed E-state index contributed by atoms with van der Waals surface area (Å²) in [7, 11) is -2.29. The Morgan fingerprint density at radius 1 is 0.865 bits per heavy atom. The standard InChI is InChI=1S/C43H50NO4PS2Si/c1-9-30-47-41(46)40(49(33-22-14-10-15-23-33,34-24-16-11-17-25-34)35-26-18-12-19-27-35)44-38(31(2)42(50)51-36-28-20-13-21-29-36)37(39(44)45)32(3)48-52(7,8)43(4,5)6/h9-29,31-32,37-38H,1,30H2,2-8H3/t31-,32-,37-,38-/m1/s1. The van der Waals surface area contributed by atoms with Crippen molar-refractivity contribution in [2.24, 2.45) is 11.8 Å². The molecular formula is C43H50NO4PS2Si. The number of likely N-dealkylation sites (tertiary alicyclic amines) is 1. The van der Waals surface area contributed by atoms with Gasteiger partial charge in [0.15, 0.2) is 8.32 Å². The van der Waals surface area contributed by atoms with Gasteiger partial charge in [-0.25, -0.2) is 4.79 Å². The molecule has 1 amide bonds. The Hall–Kier alpha value is -3.52. The average Bonchev–Trinajstić information content (AvgIpc) is 3.13. The minimum atomic E-state index is -3.09. The average molecular weight is 768 g/mol. The SMILES string of the molecule is C=CCOC(=O)C(N1C(=O)[C@H]([C@@H](C)O[Si](C)(C)C(C)(C)C)[C@H]1[C@@H](C)C(=S)Sc1ccccc1)=P(c1ccccc1)(c1ccccc1)c1ccccc1. The highest BCUT2D eigenvalue weighted by molar-refractivity contribution is 8.23. The Labute approximate surface area is 320 Å². The van der Waals surface area contributed by atoms with Crippen molar-refractivity contribution in [2.75, 3.05) is 6.61 Å². The molecule has 5 nitrogen and oxygen atoms in total. The topological polar surface area (TPSA) is 55.8 Å². The molecule has 4 atom stereocenters. The van der Waals surface area contributed by atoms with Gasteiger partial charge in [-0.3, -0.25) is 4.79 Å². The minimum Gasteiger partial charge on any atom is -0.457 e. The number of hydrogen-bond acceptors (Lipinski definition) is 6. The Bertz CT molecular complexity index is 1830. The van der Waals surface area contributed by atoms with E-state index in [9.17, 15) is 4.79 Å². The van der Waals surface area contributed by atoms with E-state index in [1.165, 1.54) is 11.8 Å². The molecule has 0 spiro atoms. The first-order valence-corrected chi connectivity index (χ1v) is 23.7. The fraction of sp³-hybridized carbons (Fsp3) is 0.302. The summed E-state index contributed by atoms with van der Waals surface area (Å²) in [6.07, 6.45) is 1.15. The number of ether oxygens (including phenoxy) is 1. The number of thiocarbonyl (C=S) groups is 1. The molecule has 0 saturated carbocycles. The lowest BCUT2D eigenvalue weighted by Crippen LogP contribution is -2.71. The molecule has 52 heavy (non-hydrogen) atoms.